The van der Waals surface area contributed by atoms with E-state index < -0.39 is 0 Å². The number of fused-ring (bicyclic) bond motifs is 1. The van der Waals surface area contributed by atoms with Crippen LogP contribution < -0.4 is 5.32 Å². The van der Waals surface area contributed by atoms with E-state index in [4.69, 9.17) is 11.6 Å². The van der Waals surface area contributed by atoms with E-state index in [0.29, 0.717) is 21.8 Å². The maximum absolute atomic E-state index is 12.4. The lowest BCUT2D eigenvalue weighted by atomic mass is 10.1. The first-order chi connectivity index (χ1) is 10.7. The zero-order valence-corrected chi connectivity index (χ0v) is 12.5. The van der Waals surface area contributed by atoms with Gasteiger partial charge in [0, 0.05) is 27.7 Å². The van der Waals surface area contributed by atoms with Crippen LogP contribution in [-0.4, -0.2) is 10.9 Å². The summed E-state index contributed by atoms with van der Waals surface area (Å²) in [6.07, 6.45) is 1.70. The Morgan fingerprint density at radius 2 is 1.82 bits per heavy atom. The zero-order valence-electron chi connectivity index (χ0n) is 11.7. The largest absolute Gasteiger partial charge is 0.320 e. The number of carbonyl (C=O) groups excluding carboxylic acids is 1. The molecule has 2 aromatic carbocycles. The van der Waals surface area contributed by atoms with Crippen molar-refractivity contribution >= 4 is 39.7 Å². The molecular formula is C18H13ClN2O. The van der Waals surface area contributed by atoms with Crippen molar-refractivity contribution in [3.05, 3.63) is 78.0 Å². The summed E-state index contributed by atoms with van der Waals surface area (Å²) in [5, 5.41) is 4.31. The van der Waals surface area contributed by atoms with Crippen LogP contribution in [0.1, 0.15) is 5.56 Å². The molecule has 0 fully saturated rings. The molecular weight excluding hydrogens is 296 g/mol. The first-order valence-electron chi connectivity index (χ1n) is 6.76. The molecule has 4 heteroatoms. The number of halogens is 1. The van der Waals surface area contributed by atoms with Gasteiger partial charge in [0.25, 0.3) is 5.91 Å². The van der Waals surface area contributed by atoms with Crippen LogP contribution in [0.4, 0.5) is 5.69 Å². The van der Waals surface area contributed by atoms with E-state index in [0.717, 1.165) is 10.9 Å². The topological polar surface area (TPSA) is 42.0 Å². The second-order valence-corrected chi connectivity index (χ2v) is 5.20. The molecule has 3 nitrogen and oxygen atoms in total. The zero-order chi connectivity index (χ0) is 15.5. The van der Waals surface area contributed by atoms with Gasteiger partial charge in [-0.05, 0) is 18.2 Å². The minimum absolute atomic E-state index is 0.300. The fourth-order valence-corrected chi connectivity index (χ4v) is 2.48. The van der Waals surface area contributed by atoms with Crippen LogP contribution in [0.15, 0.2) is 67.4 Å². The molecule has 1 heterocycles. The molecule has 0 spiro atoms. The lowest BCUT2D eigenvalue weighted by Crippen LogP contribution is -2.13. The first kappa shape index (κ1) is 14.3. The third-order valence-electron chi connectivity index (χ3n) is 3.35. The second kappa shape index (κ2) is 6.00. The Balaban J connectivity index is 1.91. The number of aromatic nitrogens is 1. The standard InChI is InChI=1S/C18H13ClN2O/c1-12(14-8-2-3-9-15(14)19)18(22)21-16-10-4-6-13-7-5-11-20-17(13)16/h2-11H,1H2,(H,21,22). The second-order valence-electron chi connectivity index (χ2n) is 4.79. The molecule has 0 radical (unpaired) electrons. The monoisotopic (exact) mass is 308 g/mol. The third-order valence-corrected chi connectivity index (χ3v) is 3.68. The highest BCUT2D eigenvalue weighted by atomic mass is 35.5. The first-order valence-corrected chi connectivity index (χ1v) is 7.13. The smallest absolute Gasteiger partial charge is 0.255 e. The molecule has 0 bridgehead atoms. The summed E-state index contributed by atoms with van der Waals surface area (Å²) in [6, 6.07) is 16.6. The van der Waals surface area contributed by atoms with Crippen molar-refractivity contribution in [2.24, 2.45) is 0 Å². The predicted octanol–water partition coefficient (Wildman–Crippen LogP) is 4.54. The molecule has 0 saturated heterocycles. The molecule has 0 unspecified atom stereocenters. The van der Waals surface area contributed by atoms with Gasteiger partial charge in [-0.3, -0.25) is 9.78 Å². The molecule has 3 rings (SSSR count). The minimum atomic E-state index is -0.300. The van der Waals surface area contributed by atoms with Gasteiger partial charge in [-0.2, -0.15) is 0 Å². The van der Waals surface area contributed by atoms with Crippen molar-refractivity contribution in [1.29, 1.82) is 0 Å². The number of hydrogen-bond acceptors (Lipinski definition) is 2. The van der Waals surface area contributed by atoms with Crippen molar-refractivity contribution in [3.63, 3.8) is 0 Å². The average molecular weight is 309 g/mol. The number of anilines is 1. The molecule has 1 N–H and O–H groups in total. The summed E-state index contributed by atoms with van der Waals surface area (Å²) in [4.78, 5) is 16.7. The van der Waals surface area contributed by atoms with Crippen molar-refractivity contribution in [2.45, 2.75) is 0 Å². The Hall–Kier alpha value is -2.65. The molecule has 22 heavy (non-hydrogen) atoms. The van der Waals surface area contributed by atoms with E-state index in [1.807, 2.05) is 42.5 Å². The van der Waals surface area contributed by atoms with Crippen LogP contribution in [-0.2, 0) is 4.79 Å². The van der Waals surface area contributed by atoms with Crippen LogP contribution in [0.3, 0.4) is 0 Å². The van der Waals surface area contributed by atoms with Gasteiger partial charge in [-0.15, -0.1) is 0 Å². The van der Waals surface area contributed by atoms with Crippen molar-refractivity contribution in [2.75, 3.05) is 5.32 Å². The van der Waals surface area contributed by atoms with Gasteiger partial charge >= 0.3 is 0 Å². The molecule has 1 amide bonds. The highest BCUT2D eigenvalue weighted by Gasteiger charge is 2.13. The number of nitrogens with one attached hydrogen (secondary N) is 1. The van der Waals surface area contributed by atoms with Gasteiger partial charge in [-0.25, -0.2) is 0 Å². The quantitative estimate of drug-likeness (QED) is 0.722. The van der Waals surface area contributed by atoms with Crippen molar-refractivity contribution in [3.8, 4) is 0 Å². The van der Waals surface area contributed by atoms with Crippen LogP contribution in [0.2, 0.25) is 5.02 Å². The predicted molar refractivity (Wildman–Crippen MR) is 90.9 cm³/mol. The fraction of sp³-hybridized carbons (Fsp3) is 0. The Morgan fingerprint density at radius 1 is 1.05 bits per heavy atom. The molecule has 3 aromatic rings. The van der Waals surface area contributed by atoms with Crippen molar-refractivity contribution in [1.82, 2.24) is 4.98 Å². The summed E-state index contributed by atoms with van der Waals surface area (Å²) >= 11 is 6.11. The summed E-state index contributed by atoms with van der Waals surface area (Å²) in [5.41, 5.74) is 2.33. The number of para-hydroxylation sites is 1. The maximum atomic E-state index is 12.4. The number of nitrogens with zero attached hydrogens (tertiary/aromatic N) is 1. The van der Waals surface area contributed by atoms with Gasteiger partial charge in [-0.1, -0.05) is 54.6 Å². The average Bonchev–Trinajstić information content (AvgIpc) is 2.55. The summed E-state index contributed by atoms with van der Waals surface area (Å²) in [6.45, 7) is 3.85. The molecule has 0 atom stereocenters. The lowest BCUT2D eigenvalue weighted by molar-refractivity contribution is -0.111. The third kappa shape index (κ3) is 2.71. The Labute approximate surface area is 133 Å². The van der Waals surface area contributed by atoms with Gasteiger partial charge in [0.2, 0.25) is 0 Å². The van der Waals surface area contributed by atoms with Crippen LogP contribution in [0, 0.1) is 0 Å². The lowest BCUT2D eigenvalue weighted by Gasteiger charge is -2.10. The fourth-order valence-electron chi connectivity index (χ4n) is 2.23. The Morgan fingerprint density at radius 3 is 2.64 bits per heavy atom. The molecule has 0 aliphatic heterocycles. The number of benzene rings is 2. The Bertz CT molecular complexity index is 868. The normalized spacial score (nSPS) is 10.4. The van der Waals surface area contributed by atoms with Gasteiger partial charge in [0.1, 0.15) is 0 Å². The molecule has 0 aliphatic carbocycles. The number of amides is 1. The van der Waals surface area contributed by atoms with E-state index in [2.05, 4.69) is 16.9 Å². The summed E-state index contributed by atoms with van der Waals surface area (Å²) < 4.78 is 0. The molecule has 1 aromatic heterocycles. The molecule has 108 valence electrons. The SMILES string of the molecule is C=C(C(=O)Nc1cccc2cccnc12)c1ccccc1Cl. The number of rotatable bonds is 3. The van der Waals surface area contributed by atoms with E-state index in [1.165, 1.54) is 0 Å². The highest BCUT2D eigenvalue weighted by Crippen LogP contribution is 2.25. The van der Waals surface area contributed by atoms with E-state index in [1.54, 1.807) is 18.3 Å². The summed E-state index contributed by atoms with van der Waals surface area (Å²) in [7, 11) is 0. The van der Waals surface area contributed by atoms with E-state index >= 15 is 0 Å². The van der Waals surface area contributed by atoms with Gasteiger partial charge in [0.15, 0.2) is 0 Å². The maximum Gasteiger partial charge on any atom is 0.255 e. The minimum Gasteiger partial charge on any atom is -0.320 e. The van der Waals surface area contributed by atoms with E-state index in [9.17, 15) is 4.79 Å². The van der Waals surface area contributed by atoms with Crippen LogP contribution in [0.5, 0.6) is 0 Å². The van der Waals surface area contributed by atoms with Gasteiger partial charge < -0.3 is 5.32 Å². The van der Waals surface area contributed by atoms with Crippen LogP contribution in [0.25, 0.3) is 16.5 Å². The number of hydrogen-bond donors (Lipinski definition) is 1. The molecule has 0 saturated carbocycles. The molecule has 0 aliphatic rings. The van der Waals surface area contributed by atoms with E-state index in [-0.39, 0.29) is 5.91 Å². The summed E-state index contributed by atoms with van der Waals surface area (Å²) in [5.74, 6) is -0.300. The van der Waals surface area contributed by atoms with Gasteiger partial charge in [0.05, 0.1) is 11.2 Å². The number of carbonyl (C=O) groups is 1. The number of pyridine rings is 1. The Kier molecular flexibility index (Phi) is 3.90. The highest BCUT2D eigenvalue weighted by molar-refractivity contribution is 6.36. The van der Waals surface area contributed by atoms with Crippen LogP contribution >= 0.6 is 11.6 Å². The van der Waals surface area contributed by atoms with Crippen molar-refractivity contribution < 1.29 is 4.79 Å².